The first-order valence-corrected chi connectivity index (χ1v) is 6.73. The second-order valence-corrected chi connectivity index (χ2v) is 5.15. The second kappa shape index (κ2) is 5.27. The maximum absolute atomic E-state index is 12.6. The minimum Gasteiger partial charge on any atom is -0.464 e. The molecular formula is C14H12N4O5. The maximum atomic E-state index is 12.6. The summed E-state index contributed by atoms with van der Waals surface area (Å²) >= 11 is 0. The number of ether oxygens (including phenoxy) is 1. The number of esters is 1. The van der Waals surface area contributed by atoms with Crippen molar-refractivity contribution in [2.75, 3.05) is 12.0 Å². The van der Waals surface area contributed by atoms with E-state index in [2.05, 4.69) is 15.1 Å². The van der Waals surface area contributed by atoms with Crippen molar-refractivity contribution in [3.8, 4) is 0 Å². The van der Waals surface area contributed by atoms with Crippen LogP contribution in [0.4, 0.5) is 5.69 Å². The average molecular weight is 316 g/mol. The zero-order valence-electron chi connectivity index (χ0n) is 12.3. The second-order valence-electron chi connectivity index (χ2n) is 5.15. The fraction of sp³-hybridized carbons (Fsp3) is 0.286. The molecule has 0 radical (unpaired) electrons. The fourth-order valence-corrected chi connectivity index (χ4v) is 2.68. The zero-order valence-corrected chi connectivity index (χ0v) is 12.3. The SMILES string of the molecule is COC(=O)C1=NN(N=O)[C@H]2C(=O)N(c3ccc(C)cc3)C(=O)[C@H]12. The van der Waals surface area contributed by atoms with Crippen LogP contribution in [-0.4, -0.2) is 41.8 Å². The summed E-state index contributed by atoms with van der Waals surface area (Å²) in [6, 6.07) is 5.46. The molecule has 2 aliphatic rings. The Morgan fingerprint density at radius 1 is 1.22 bits per heavy atom. The molecule has 0 aromatic heterocycles. The van der Waals surface area contributed by atoms with Crippen LogP contribution < -0.4 is 4.90 Å². The molecule has 1 saturated heterocycles. The van der Waals surface area contributed by atoms with E-state index in [4.69, 9.17) is 0 Å². The van der Waals surface area contributed by atoms with Crippen molar-refractivity contribution < 1.29 is 19.1 Å². The van der Waals surface area contributed by atoms with Crippen LogP contribution in [-0.2, 0) is 19.1 Å². The highest BCUT2D eigenvalue weighted by Gasteiger charge is 2.59. The first kappa shape index (κ1) is 14.8. The normalized spacial score (nSPS) is 23.0. The van der Waals surface area contributed by atoms with Gasteiger partial charge in [0.05, 0.1) is 18.1 Å². The number of carbonyl (C=O) groups excluding carboxylic acids is 3. The van der Waals surface area contributed by atoms with E-state index >= 15 is 0 Å². The zero-order chi connectivity index (χ0) is 16.7. The quantitative estimate of drug-likeness (QED) is 0.453. The molecule has 2 heterocycles. The number of fused-ring (bicyclic) bond motifs is 1. The van der Waals surface area contributed by atoms with Gasteiger partial charge in [0, 0.05) is 0 Å². The number of nitrogens with zero attached hydrogens (tertiary/aromatic N) is 4. The van der Waals surface area contributed by atoms with Gasteiger partial charge in [-0.25, -0.2) is 9.69 Å². The number of imide groups is 1. The Balaban J connectivity index is 2.03. The number of amides is 2. The number of anilines is 1. The fourth-order valence-electron chi connectivity index (χ4n) is 2.68. The molecule has 9 nitrogen and oxygen atoms in total. The van der Waals surface area contributed by atoms with Gasteiger partial charge in [-0.2, -0.15) is 0 Å². The topological polar surface area (TPSA) is 109 Å². The summed E-state index contributed by atoms with van der Waals surface area (Å²) in [7, 11) is 1.12. The highest BCUT2D eigenvalue weighted by atomic mass is 16.5. The Kier molecular flexibility index (Phi) is 3.40. The number of rotatable bonds is 3. The molecule has 23 heavy (non-hydrogen) atoms. The van der Waals surface area contributed by atoms with E-state index in [-0.39, 0.29) is 5.71 Å². The standard InChI is InChI=1S/C14H12N4O5/c1-7-3-5-8(6-4-7)17-12(19)9-10(14(21)23-2)15-18(16-22)11(9)13(17)20/h3-6,9,11H,1-2H3/t9-,11-/m1/s1. The third kappa shape index (κ3) is 2.08. The van der Waals surface area contributed by atoms with E-state index in [1.807, 2.05) is 6.92 Å². The molecule has 0 N–H and O–H groups in total. The van der Waals surface area contributed by atoms with Gasteiger partial charge in [-0.15, -0.1) is 15.1 Å². The maximum Gasteiger partial charge on any atom is 0.355 e. The van der Waals surface area contributed by atoms with E-state index in [1.54, 1.807) is 24.3 Å². The van der Waals surface area contributed by atoms with Crippen molar-refractivity contribution in [1.29, 1.82) is 0 Å². The van der Waals surface area contributed by atoms with Gasteiger partial charge in [-0.3, -0.25) is 9.59 Å². The van der Waals surface area contributed by atoms with E-state index in [0.717, 1.165) is 17.6 Å². The molecule has 0 bridgehead atoms. The van der Waals surface area contributed by atoms with Crippen molar-refractivity contribution in [3.63, 3.8) is 0 Å². The van der Waals surface area contributed by atoms with Gasteiger partial charge in [0.25, 0.3) is 5.91 Å². The monoisotopic (exact) mass is 316 g/mol. The molecule has 0 unspecified atom stereocenters. The van der Waals surface area contributed by atoms with Crippen LogP contribution in [0.5, 0.6) is 0 Å². The molecule has 118 valence electrons. The molecular weight excluding hydrogens is 304 g/mol. The molecule has 0 aliphatic carbocycles. The lowest BCUT2D eigenvalue weighted by Crippen LogP contribution is -2.36. The van der Waals surface area contributed by atoms with Crippen molar-refractivity contribution in [2.24, 2.45) is 16.3 Å². The third-order valence-electron chi connectivity index (χ3n) is 3.80. The average Bonchev–Trinajstić information content (AvgIpc) is 3.05. The summed E-state index contributed by atoms with van der Waals surface area (Å²) in [6.45, 7) is 1.87. The lowest BCUT2D eigenvalue weighted by Gasteiger charge is -2.16. The smallest absolute Gasteiger partial charge is 0.355 e. The Morgan fingerprint density at radius 2 is 1.87 bits per heavy atom. The predicted octanol–water partition coefficient (Wildman–Crippen LogP) is 0.379. The van der Waals surface area contributed by atoms with Crippen molar-refractivity contribution in [3.05, 3.63) is 34.7 Å². The lowest BCUT2D eigenvalue weighted by molar-refractivity contribution is -0.133. The van der Waals surface area contributed by atoms with Crippen LogP contribution in [0.3, 0.4) is 0 Å². The molecule has 0 saturated carbocycles. The van der Waals surface area contributed by atoms with Crippen LogP contribution in [0.2, 0.25) is 0 Å². The molecule has 2 aliphatic heterocycles. The molecule has 9 heteroatoms. The first-order valence-electron chi connectivity index (χ1n) is 6.73. The van der Waals surface area contributed by atoms with Crippen LogP contribution in [0.25, 0.3) is 0 Å². The Morgan fingerprint density at radius 3 is 2.43 bits per heavy atom. The van der Waals surface area contributed by atoms with Crippen LogP contribution in [0.1, 0.15) is 5.56 Å². The minimum absolute atomic E-state index is 0.301. The highest BCUT2D eigenvalue weighted by molar-refractivity contribution is 6.46. The molecule has 2 amide bonds. The number of benzene rings is 1. The van der Waals surface area contributed by atoms with E-state index in [9.17, 15) is 19.3 Å². The summed E-state index contributed by atoms with van der Waals surface area (Å²) in [5, 5.41) is 6.79. The van der Waals surface area contributed by atoms with Gasteiger partial charge in [0.1, 0.15) is 5.92 Å². The predicted molar refractivity (Wildman–Crippen MR) is 78.0 cm³/mol. The van der Waals surface area contributed by atoms with Crippen LogP contribution in [0, 0.1) is 17.7 Å². The number of nitroso groups, excluding NO2 is 1. The Bertz CT molecular complexity index is 742. The molecule has 3 rings (SSSR count). The number of hydrogen-bond donors (Lipinski definition) is 0. The highest BCUT2D eigenvalue weighted by Crippen LogP contribution is 2.35. The number of hydrazone groups is 1. The molecule has 0 spiro atoms. The van der Waals surface area contributed by atoms with E-state index < -0.39 is 29.7 Å². The van der Waals surface area contributed by atoms with E-state index in [0.29, 0.717) is 10.8 Å². The van der Waals surface area contributed by atoms with Gasteiger partial charge in [0.15, 0.2) is 11.8 Å². The molecule has 1 fully saturated rings. The van der Waals surface area contributed by atoms with Gasteiger partial charge < -0.3 is 4.74 Å². The third-order valence-corrected chi connectivity index (χ3v) is 3.80. The first-order chi connectivity index (χ1) is 11.0. The van der Waals surface area contributed by atoms with Crippen molar-refractivity contribution in [2.45, 2.75) is 13.0 Å². The number of hydrogen-bond acceptors (Lipinski definition) is 7. The molecule has 1 aromatic carbocycles. The molecule has 1 aromatic rings. The van der Waals surface area contributed by atoms with Gasteiger partial charge in [0.2, 0.25) is 5.91 Å². The Labute approximate surface area is 130 Å². The molecule has 2 atom stereocenters. The van der Waals surface area contributed by atoms with E-state index in [1.165, 1.54) is 0 Å². The summed E-state index contributed by atoms with van der Waals surface area (Å²) in [5.41, 5.74) is 1.01. The summed E-state index contributed by atoms with van der Waals surface area (Å²) < 4.78 is 4.55. The summed E-state index contributed by atoms with van der Waals surface area (Å²) in [6.07, 6.45) is 0. The number of methoxy groups -OCH3 is 1. The van der Waals surface area contributed by atoms with Gasteiger partial charge in [-0.05, 0) is 19.1 Å². The van der Waals surface area contributed by atoms with Crippen molar-refractivity contribution >= 4 is 29.2 Å². The summed E-state index contributed by atoms with van der Waals surface area (Å²) in [5.74, 6) is -3.38. The van der Waals surface area contributed by atoms with Crippen LogP contribution in [0.15, 0.2) is 34.7 Å². The van der Waals surface area contributed by atoms with Gasteiger partial charge in [-0.1, -0.05) is 17.7 Å². The summed E-state index contributed by atoms with van der Waals surface area (Å²) in [4.78, 5) is 48.7. The Hall–Kier alpha value is -3.10. The number of carbonyl (C=O) groups is 3. The minimum atomic E-state index is -1.25. The number of aryl methyl sites for hydroxylation is 1. The van der Waals surface area contributed by atoms with Crippen LogP contribution >= 0.6 is 0 Å². The van der Waals surface area contributed by atoms with Crippen molar-refractivity contribution in [1.82, 2.24) is 5.12 Å². The lowest BCUT2D eigenvalue weighted by atomic mass is 9.98. The van der Waals surface area contributed by atoms with Gasteiger partial charge >= 0.3 is 5.97 Å². The largest absolute Gasteiger partial charge is 0.464 e.